The smallest absolute Gasteiger partial charge is 0.0511 e. The Kier molecular flexibility index (Phi) is 4.17. The molecule has 102 valence electrons. The van der Waals surface area contributed by atoms with Crippen molar-refractivity contribution >= 4 is 37.4 Å². The minimum absolute atomic E-state index is 0.101. The van der Waals surface area contributed by atoms with Crippen molar-refractivity contribution in [3.63, 3.8) is 0 Å². The van der Waals surface area contributed by atoms with Crippen molar-refractivity contribution in [3.05, 3.63) is 69.5 Å². The predicted molar refractivity (Wildman–Crippen MR) is 89.7 cm³/mol. The zero-order valence-electron chi connectivity index (χ0n) is 10.8. The van der Waals surface area contributed by atoms with E-state index in [-0.39, 0.29) is 6.04 Å². The van der Waals surface area contributed by atoms with Crippen LogP contribution in [0.5, 0.6) is 0 Å². The Morgan fingerprint density at radius 2 is 1.85 bits per heavy atom. The minimum Gasteiger partial charge on any atom is -0.271 e. The van der Waals surface area contributed by atoms with Crippen LogP contribution >= 0.6 is 27.3 Å². The zero-order valence-corrected chi connectivity index (χ0v) is 13.2. The van der Waals surface area contributed by atoms with E-state index in [0.29, 0.717) is 0 Å². The third kappa shape index (κ3) is 2.65. The van der Waals surface area contributed by atoms with Crippen molar-refractivity contribution in [2.45, 2.75) is 12.5 Å². The zero-order chi connectivity index (χ0) is 13.9. The van der Waals surface area contributed by atoms with Gasteiger partial charge in [-0.25, -0.2) is 0 Å². The average molecular weight is 347 g/mol. The number of nitrogens with two attached hydrogens (primary N) is 1. The highest BCUT2D eigenvalue weighted by atomic mass is 79.9. The molecule has 1 heterocycles. The number of hydrogen-bond donors (Lipinski definition) is 2. The molecule has 3 N–H and O–H groups in total. The second-order valence-electron chi connectivity index (χ2n) is 4.70. The van der Waals surface area contributed by atoms with Crippen molar-refractivity contribution in [2.75, 3.05) is 0 Å². The summed E-state index contributed by atoms with van der Waals surface area (Å²) in [5.41, 5.74) is 5.46. The highest BCUT2D eigenvalue weighted by Crippen LogP contribution is 2.31. The topological polar surface area (TPSA) is 38.0 Å². The largest absolute Gasteiger partial charge is 0.271 e. The molecule has 2 nitrogen and oxygen atoms in total. The lowest BCUT2D eigenvalue weighted by Gasteiger charge is -2.17. The Balaban J connectivity index is 1.94. The van der Waals surface area contributed by atoms with Gasteiger partial charge < -0.3 is 0 Å². The molecule has 20 heavy (non-hydrogen) atoms. The molecule has 0 saturated carbocycles. The fourth-order valence-electron chi connectivity index (χ4n) is 2.43. The lowest BCUT2D eigenvalue weighted by atomic mass is 9.99. The maximum atomic E-state index is 5.77. The van der Waals surface area contributed by atoms with Crippen LogP contribution in [0.15, 0.2) is 58.4 Å². The van der Waals surface area contributed by atoms with E-state index in [1.807, 2.05) is 18.2 Å². The number of fused-ring (bicyclic) bond motifs is 1. The van der Waals surface area contributed by atoms with Crippen LogP contribution in [0.4, 0.5) is 0 Å². The van der Waals surface area contributed by atoms with Crippen LogP contribution < -0.4 is 11.3 Å². The van der Waals surface area contributed by atoms with Gasteiger partial charge in [-0.05, 0) is 40.4 Å². The van der Waals surface area contributed by atoms with E-state index in [4.69, 9.17) is 5.84 Å². The molecule has 3 rings (SSSR count). The summed E-state index contributed by atoms with van der Waals surface area (Å²) in [4.78, 5) is 0. The molecule has 0 fully saturated rings. The van der Waals surface area contributed by atoms with Crippen LogP contribution in [0.2, 0.25) is 0 Å². The Morgan fingerprint density at radius 1 is 1.10 bits per heavy atom. The third-order valence-electron chi connectivity index (χ3n) is 3.47. The Bertz CT molecular complexity index is 723. The van der Waals surface area contributed by atoms with Crippen molar-refractivity contribution in [1.82, 2.24) is 5.43 Å². The van der Waals surface area contributed by atoms with E-state index in [9.17, 15) is 0 Å². The van der Waals surface area contributed by atoms with Crippen LogP contribution in [-0.4, -0.2) is 0 Å². The monoisotopic (exact) mass is 346 g/mol. The first-order chi connectivity index (χ1) is 9.79. The van der Waals surface area contributed by atoms with Crippen molar-refractivity contribution in [1.29, 1.82) is 0 Å². The molecule has 3 aromatic rings. The SMILES string of the molecule is NNC(Cc1csc2ccccc12)c1ccccc1Br. The molecule has 1 unspecified atom stereocenters. The second-order valence-corrected chi connectivity index (χ2v) is 6.47. The average Bonchev–Trinajstić information content (AvgIpc) is 2.89. The van der Waals surface area contributed by atoms with E-state index in [1.54, 1.807) is 11.3 Å². The maximum Gasteiger partial charge on any atom is 0.0511 e. The lowest BCUT2D eigenvalue weighted by Crippen LogP contribution is -2.29. The van der Waals surface area contributed by atoms with E-state index < -0.39 is 0 Å². The Morgan fingerprint density at radius 3 is 2.65 bits per heavy atom. The van der Waals surface area contributed by atoms with Gasteiger partial charge in [0.15, 0.2) is 0 Å². The van der Waals surface area contributed by atoms with E-state index in [2.05, 4.69) is 57.1 Å². The first kappa shape index (κ1) is 13.8. The summed E-state index contributed by atoms with van der Waals surface area (Å²) < 4.78 is 2.41. The van der Waals surface area contributed by atoms with Gasteiger partial charge in [-0.3, -0.25) is 11.3 Å². The number of benzene rings is 2. The maximum absolute atomic E-state index is 5.77. The predicted octanol–water partition coefficient (Wildman–Crippen LogP) is 4.41. The van der Waals surface area contributed by atoms with Crippen LogP contribution in [0.25, 0.3) is 10.1 Å². The number of hydrogen-bond acceptors (Lipinski definition) is 3. The molecule has 0 radical (unpaired) electrons. The van der Waals surface area contributed by atoms with Crippen LogP contribution in [-0.2, 0) is 6.42 Å². The van der Waals surface area contributed by atoms with Crippen molar-refractivity contribution in [2.24, 2.45) is 5.84 Å². The van der Waals surface area contributed by atoms with Crippen LogP contribution in [0, 0.1) is 0 Å². The number of nitrogens with one attached hydrogen (secondary N) is 1. The summed E-state index contributed by atoms with van der Waals surface area (Å²) >= 11 is 5.38. The fraction of sp³-hybridized carbons (Fsp3) is 0.125. The van der Waals surface area contributed by atoms with Gasteiger partial charge in [-0.2, -0.15) is 0 Å². The highest BCUT2D eigenvalue weighted by molar-refractivity contribution is 9.10. The molecule has 0 aliphatic heterocycles. The lowest BCUT2D eigenvalue weighted by molar-refractivity contribution is 0.552. The summed E-state index contributed by atoms with van der Waals surface area (Å²) in [6.45, 7) is 0. The quantitative estimate of drug-likeness (QED) is 0.542. The fourth-order valence-corrected chi connectivity index (χ4v) is 3.96. The van der Waals surface area contributed by atoms with Gasteiger partial charge in [0.1, 0.15) is 0 Å². The standard InChI is InChI=1S/C16H15BrN2S/c17-14-7-3-1-6-13(14)15(19-18)9-11-10-20-16-8-4-2-5-12(11)16/h1-8,10,15,19H,9,18H2. The van der Waals surface area contributed by atoms with Gasteiger partial charge >= 0.3 is 0 Å². The molecule has 4 heteroatoms. The summed E-state index contributed by atoms with van der Waals surface area (Å²) in [6, 6.07) is 16.8. The summed E-state index contributed by atoms with van der Waals surface area (Å²) in [7, 11) is 0. The first-order valence-electron chi connectivity index (χ1n) is 6.45. The molecule has 2 aromatic carbocycles. The van der Waals surface area contributed by atoms with Crippen LogP contribution in [0.1, 0.15) is 17.2 Å². The summed E-state index contributed by atoms with van der Waals surface area (Å²) in [6.07, 6.45) is 0.878. The normalized spacial score (nSPS) is 12.7. The number of thiophene rings is 1. The molecular weight excluding hydrogens is 332 g/mol. The Hall–Kier alpha value is -1.20. The molecule has 0 saturated heterocycles. The van der Waals surface area contributed by atoms with E-state index >= 15 is 0 Å². The molecular formula is C16H15BrN2S. The second kappa shape index (κ2) is 6.06. The van der Waals surface area contributed by atoms with Gasteiger partial charge in [0.25, 0.3) is 0 Å². The molecule has 0 bridgehead atoms. The van der Waals surface area contributed by atoms with Gasteiger partial charge in [-0.15, -0.1) is 11.3 Å². The van der Waals surface area contributed by atoms with Crippen molar-refractivity contribution < 1.29 is 0 Å². The van der Waals surface area contributed by atoms with E-state index in [1.165, 1.54) is 21.2 Å². The first-order valence-corrected chi connectivity index (χ1v) is 8.12. The van der Waals surface area contributed by atoms with Gasteiger partial charge in [0.05, 0.1) is 6.04 Å². The number of rotatable bonds is 4. The summed E-state index contributed by atoms with van der Waals surface area (Å²) in [5.74, 6) is 5.77. The third-order valence-corrected chi connectivity index (χ3v) is 5.20. The van der Waals surface area contributed by atoms with Gasteiger partial charge in [0, 0.05) is 9.17 Å². The Labute approximate surface area is 130 Å². The molecule has 0 amide bonds. The molecule has 0 spiro atoms. The molecule has 0 aliphatic rings. The van der Waals surface area contributed by atoms with Gasteiger partial charge in [-0.1, -0.05) is 52.3 Å². The number of hydrazine groups is 1. The number of halogens is 1. The van der Waals surface area contributed by atoms with Gasteiger partial charge in [0.2, 0.25) is 0 Å². The molecule has 1 atom stereocenters. The van der Waals surface area contributed by atoms with E-state index in [0.717, 1.165) is 10.9 Å². The highest BCUT2D eigenvalue weighted by Gasteiger charge is 2.15. The molecule has 1 aromatic heterocycles. The minimum atomic E-state index is 0.101. The molecule has 0 aliphatic carbocycles. The van der Waals surface area contributed by atoms with Crippen molar-refractivity contribution in [3.8, 4) is 0 Å². The van der Waals surface area contributed by atoms with Crippen LogP contribution in [0.3, 0.4) is 0 Å². The summed E-state index contributed by atoms with van der Waals surface area (Å²) in [5, 5.41) is 3.55.